The normalized spacial score (nSPS) is 23.6. The summed E-state index contributed by atoms with van der Waals surface area (Å²) in [7, 11) is 0. The fraction of sp³-hybridized carbons (Fsp3) is 0.600. The molecule has 1 aliphatic carbocycles. The van der Waals surface area contributed by atoms with Gasteiger partial charge in [0.25, 0.3) is 0 Å². The molecule has 1 atom stereocenters. The molecule has 0 saturated heterocycles. The van der Waals surface area contributed by atoms with Crippen LogP contribution in [-0.4, -0.2) is 11.2 Å². The minimum absolute atomic E-state index is 0.285. The van der Waals surface area contributed by atoms with E-state index >= 15 is 0 Å². The van der Waals surface area contributed by atoms with Gasteiger partial charge in [0.15, 0.2) is 0 Å². The van der Waals surface area contributed by atoms with Crippen LogP contribution in [0.15, 0.2) is 34.4 Å². The van der Waals surface area contributed by atoms with Gasteiger partial charge in [-0.3, -0.25) is 0 Å². The van der Waals surface area contributed by atoms with E-state index in [-0.39, 0.29) is 6.10 Å². The maximum absolute atomic E-state index is 10.2. The fourth-order valence-electron chi connectivity index (χ4n) is 2.16. The molecule has 0 saturated carbocycles. The molecular weight excluding hydrogens is 196 g/mol. The van der Waals surface area contributed by atoms with E-state index in [0.717, 1.165) is 25.7 Å². The summed E-state index contributed by atoms with van der Waals surface area (Å²) >= 11 is 0. The highest BCUT2D eigenvalue weighted by molar-refractivity contribution is 5.21. The van der Waals surface area contributed by atoms with Gasteiger partial charge >= 0.3 is 0 Å². The van der Waals surface area contributed by atoms with Gasteiger partial charge in [-0.1, -0.05) is 28.9 Å². The second-order valence-corrected chi connectivity index (χ2v) is 5.08. The van der Waals surface area contributed by atoms with Crippen LogP contribution >= 0.6 is 0 Å². The minimum Gasteiger partial charge on any atom is -0.388 e. The minimum atomic E-state index is -0.285. The molecule has 0 fully saturated rings. The summed E-state index contributed by atoms with van der Waals surface area (Å²) in [6, 6.07) is 0. The highest BCUT2D eigenvalue weighted by atomic mass is 16.3. The van der Waals surface area contributed by atoms with Crippen LogP contribution in [-0.2, 0) is 0 Å². The maximum Gasteiger partial charge on any atom is 0.0789 e. The first-order chi connectivity index (χ1) is 7.50. The average molecular weight is 220 g/mol. The van der Waals surface area contributed by atoms with Crippen LogP contribution in [0.5, 0.6) is 0 Å². The van der Waals surface area contributed by atoms with Gasteiger partial charge in [-0.05, 0) is 59.0 Å². The Balaban J connectivity index is 2.92. The average Bonchev–Trinajstić information content (AvgIpc) is 2.16. The monoisotopic (exact) mass is 220 g/mol. The molecule has 0 radical (unpaired) electrons. The summed E-state index contributed by atoms with van der Waals surface area (Å²) < 4.78 is 0. The molecule has 1 N–H and O–H groups in total. The lowest BCUT2D eigenvalue weighted by Gasteiger charge is -2.19. The third kappa shape index (κ3) is 3.97. The molecule has 1 heteroatoms. The Morgan fingerprint density at radius 2 is 1.75 bits per heavy atom. The Labute approximate surface area is 99.6 Å². The number of aliphatic hydroxyl groups excluding tert-OH is 1. The third-order valence-electron chi connectivity index (χ3n) is 3.28. The zero-order valence-electron chi connectivity index (χ0n) is 11.0. The van der Waals surface area contributed by atoms with Crippen molar-refractivity contribution in [2.45, 2.75) is 59.5 Å². The highest BCUT2D eigenvalue weighted by Gasteiger charge is 2.13. The molecule has 1 rings (SSSR count). The van der Waals surface area contributed by atoms with Gasteiger partial charge in [0.05, 0.1) is 6.10 Å². The van der Waals surface area contributed by atoms with Gasteiger partial charge in [0, 0.05) is 0 Å². The van der Waals surface area contributed by atoms with Crippen molar-refractivity contribution in [1.82, 2.24) is 0 Å². The van der Waals surface area contributed by atoms with Gasteiger partial charge in [-0.25, -0.2) is 0 Å². The first-order valence-corrected chi connectivity index (χ1v) is 6.16. The van der Waals surface area contributed by atoms with Crippen molar-refractivity contribution in [3.63, 3.8) is 0 Å². The summed E-state index contributed by atoms with van der Waals surface area (Å²) in [4.78, 5) is 0. The molecule has 1 aliphatic rings. The molecule has 0 heterocycles. The summed E-state index contributed by atoms with van der Waals surface area (Å²) in [5.74, 6) is 0. The first-order valence-electron chi connectivity index (χ1n) is 6.16. The lowest BCUT2D eigenvalue weighted by atomic mass is 9.92. The summed E-state index contributed by atoms with van der Waals surface area (Å²) in [6.45, 7) is 8.49. The lowest BCUT2D eigenvalue weighted by molar-refractivity contribution is 0.205. The number of hydrogen-bond donors (Lipinski definition) is 1. The second kappa shape index (κ2) is 6.05. The molecule has 0 amide bonds. The van der Waals surface area contributed by atoms with E-state index in [4.69, 9.17) is 0 Å². The standard InChI is InChI=1S/C15H24O/c1-11(2)14-9-8-12(3)6-5-7-13(4)10-15(14)16/h6-7,15-16H,5,8-10H2,1-4H3. The van der Waals surface area contributed by atoms with E-state index in [1.165, 1.54) is 22.3 Å². The Hall–Kier alpha value is -0.820. The van der Waals surface area contributed by atoms with Crippen LogP contribution < -0.4 is 0 Å². The summed E-state index contributed by atoms with van der Waals surface area (Å²) in [6.07, 6.45) is 8.10. The van der Waals surface area contributed by atoms with Crippen LogP contribution in [0.4, 0.5) is 0 Å². The zero-order valence-corrected chi connectivity index (χ0v) is 11.0. The van der Waals surface area contributed by atoms with E-state index < -0.39 is 0 Å². The van der Waals surface area contributed by atoms with Crippen molar-refractivity contribution in [2.24, 2.45) is 0 Å². The topological polar surface area (TPSA) is 20.2 Å². The zero-order chi connectivity index (χ0) is 12.1. The number of allylic oxidation sites excluding steroid dienone is 4. The van der Waals surface area contributed by atoms with E-state index in [0.29, 0.717) is 0 Å². The van der Waals surface area contributed by atoms with Crippen molar-refractivity contribution in [3.05, 3.63) is 34.4 Å². The van der Waals surface area contributed by atoms with Crippen molar-refractivity contribution >= 4 is 0 Å². The fourth-order valence-corrected chi connectivity index (χ4v) is 2.16. The van der Waals surface area contributed by atoms with Crippen LogP contribution in [0.25, 0.3) is 0 Å². The number of aliphatic hydroxyl groups is 1. The van der Waals surface area contributed by atoms with Crippen LogP contribution in [0.1, 0.15) is 53.4 Å². The first kappa shape index (κ1) is 13.2. The largest absolute Gasteiger partial charge is 0.388 e. The maximum atomic E-state index is 10.2. The molecule has 90 valence electrons. The number of rotatable bonds is 0. The van der Waals surface area contributed by atoms with E-state index in [1.54, 1.807) is 0 Å². The molecule has 0 spiro atoms. The molecule has 16 heavy (non-hydrogen) atoms. The molecule has 0 aromatic rings. The predicted molar refractivity (Wildman–Crippen MR) is 70.4 cm³/mol. The van der Waals surface area contributed by atoms with Crippen LogP contribution in [0, 0.1) is 0 Å². The SMILES string of the molecule is CC1=CCC=C(C)CC(O)C(=C(C)C)CC1. The van der Waals surface area contributed by atoms with Crippen molar-refractivity contribution in [1.29, 1.82) is 0 Å². The third-order valence-corrected chi connectivity index (χ3v) is 3.28. The molecule has 0 bridgehead atoms. The molecule has 1 nitrogen and oxygen atoms in total. The van der Waals surface area contributed by atoms with Gasteiger partial charge in [0.1, 0.15) is 0 Å². The molecule has 0 aromatic heterocycles. The van der Waals surface area contributed by atoms with Gasteiger partial charge < -0.3 is 5.11 Å². The molecule has 1 unspecified atom stereocenters. The summed E-state index contributed by atoms with van der Waals surface area (Å²) in [5, 5.41) is 10.2. The van der Waals surface area contributed by atoms with Crippen LogP contribution in [0.3, 0.4) is 0 Å². The molecule has 0 aliphatic heterocycles. The van der Waals surface area contributed by atoms with E-state index in [9.17, 15) is 5.11 Å². The predicted octanol–water partition coefficient (Wildman–Crippen LogP) is 4.15. The highest BCUT2D eigenvalue weighted by Crippen LogP contribution is 2.24. The van der Waals surface area contributed by atoms with Crippen LogP contribution in [0.2, 0.25) is 0 Å². The molecule has 0 aromatic carbocycles. The molecular formula is C15H24O. The Bertz CT molecular complexity index is 327. The quantitative estimate of drug-likeness (QED) is 0.608. The summed E-state index contributed by atoms with van der Waals surface area (Å²) in [5.41, 5.74) is 5.21. The van der Waals surface area contributed by atoms with Crippen molar-refractivity contribution in [2.75, 3.05) is 0 Å². The Morgan fingerprint density at radius 1 is 1.12 bits per heavy atom. The lowest BCUT2D eigenvalue weighted by Crippen LogP contribution is -2.13. The van der Waals surface area contributed by atoms with E-state index in [2.05, 4.69) is 39.8 Å². The Kier molecular flexibility index (Phi) is 5.01. The number of hydrogen-bond acceptors (Lipinski definition) is 1. The van der Waals surface area contributed by atoms with Gasteiger partial charge in [-0.15, -0.1) is 0 Å². The van der Waals surface area contributed by atoms with Gasteiger partial charge in [-0.2, -0.15) is 0 Å². The second-order valence-electron chi connectivity index (χ2n) is 5.08. The van der Waals surface area contributed by atoms with E-state index in [1.807, 2.05) is 0 Å². The van der Waals surface area contributed by atoms with Crippen molar-refractivity contribution in [3.8, 4) is 0 Å². The smallest absolute Gasteiger partial charge is 0.0789 e. The Morgan fingerprint density at radius 3 is 2.38 bits per heavy atom. The van der Waals surface area contributed by atoms with Crippen molar-refractivity contribution < 1.29 is 5.11 Å². The van der Waals surface area contributed by atoms with Gasteiger partial charge in [0.2, 0.25) is 0 Å².